The standard InChI is InChI=1S/C13H14BrNO/c1-8(2)11(7-15)13(16)10-6-4-5-9(3)12(10)14/h4-6,8,11H,1-3H3. The Balaban J connectivity index is 3.15. The third kappa shape index (κ3) is 2.51. The van der Waals surface area contributed by atoms with Crippen molar-refractivity contribution in [1.82, 2.24) is 0 Å². The fraction of sp³-hybridized carbons (Fsp3) is 0.385. The molecule has 0 saturated heterocycles. The number of hydrogen-bond donors (Lipinski definition) is 0. The molecule has 0 fully saturated rings. The molecule has 0 aliphatic rings. The lowest BCUT2D eigenvalue weighted by Crippen LogP contribution is -2.19. The fourth-order valence-corrected chi connectivity index (χ4v) is 1.98. The molecule has 1 aromatic carbocycles. The van der Waals surface area contributed by atoms with Gasteiger partial charge >= 0.3 is 0 Å². The summed E-state index contributed by atoms with van der Waals surface area (Å²) >= 11 is 3.40. The minimum Gasteiger partial charge on any atom is -0.293 e. The zero-order valence-electron chi connectivity index (χ0n) is 9.62. The Labute approximate surface area is 104 Å². The monoisotopic (exact) mass is 279 g/mol. The number of nitriles is 1. The van der Waals surface area contributed by atoms with Crippen LogP contribution in [0.15, 0.2) is 22.7 Å². The molecule has 0 N–H and O–H groups in total. The number of nitrogens with zero attached hydrogens (tertiary/aromatic N) is 1. The topological polar surface area (TPSA) is 40.9 Å². The van der Waals surface area contributed by atoms with Gasteiger partial charge in [0.1, 0.15) is 5.92 Å². The highest BCUT2D eigenvalue weighted by molar-refractivity contribution is 9.10. The van der Waals surface area contributed by atoms with Crippen molar-refractivity contribution in [2.24, 2.45) is 11.8 Å². The third-order valence-electron chi connectivity index (χ3n) is 2.55. The van der Waals surface area contributed by atoms with Crippen LogP contribution in [0.1, 0.15) is 29.8 Å². The highest BCUT2D eigenvalue weighted by Crippen LogP contribution is 2.25. The van der Waals surface area contributed by atoms with E-state index in [-0.39, 0.29) is 11.7 Å². The van der Waals surface area contributed by atoms with E-state index in [9.17, 15) is 4.79 Å². The molecule has 0 aliphatic heterocycles. The van der Waals surface area contributed by atoms with Crippen molar-refractivity contribution in [3.8, 4) is 6.07 Å². The molecule has 1 aromatic rings. The summed E-state index contributed by atoms with van der Waals surface area (Å²) in [6.07, 6.45) is 0. The van der Waals surface area contributed by atoms with Crippen LogP contribution in [0.5, 0.6) is 0 Å². The quantitative estimate of drug-likeness (QED) is 0.791. The molecule has 0 saturated carbocycles. The molecular weight excluding hydrogens is 266 g/mol. The molecule has 1 unspecified atom stereocenters. The summed E-state index contributed by atoms with van der Waals surface area (Å²) in [4.78, 5) is 12.1. The van der Waals surface area contributed by atoms with Gasteiger partial charge in [0.25, 0.3) is 0 Å². The minimum absolute atomic E-state index is 0.0323. The van der Waals surface area contributed by atoms with E-state index in [0.717, 1.165) is 10.0 Å². The second-order valence-electron chi connectivity index (χ2n) is 4.15. The maximum atomic E-state index is 12.1. The summed E-state index contributed by atoms with van der Waals surface area (Å²) in [7, 11) is 0. The summed E-state index contributed by atoms with van der Waals surface area (Å²) < 4.78 is 0.792. The third-order valence-corrected chi connectivity index (χ3v) is 3.60. The molecule has 16 heavy (non-hydrogen) atoms. The van der Waals surface area contributed by atoms with Crippen LogP contribution in [0.4, 0.5) is 0 Å². The van der Waals surface area contributed by atoms with Gasteiger partial charge in [-0.15, -0.1) is 0 Å². The second-order valence-corrected chi connectivity index (χ2v) is 4.94. The van der Waals surface area contributed by atoms with E-state index in [0.29, 0.717) is 5.56 Å². The van der Waals surface area contributed by atoms with Crippen LogP contribution in [-0.2, 0) is 0 Å². The summed E-state index contributed by atoms with van der Waals surface area (Å²) in [5.41, 5.74) is 1.60. The minimum atomic E-state index is -0.571. The Morgan fingerprint density at radius 1 is 1.44 bits per heavy atom. The number of carbonyl (C=O) groups excluding carboxylic acids is 1. The molecule has 0 heterocycles. The van der Waals surface area contributed by atoms with Gasteiger partial charge in [-0.25, -0.2) is 0 Å². The first-order valence-electron chi connectivity index (χ1n) is 5.18. The molecule has 3 heteroatoms. The van der Waals surface area contributed by atoms with Crippen LogP contribution in [-0.4, -0.2) is 5.78 Å². The first kappa shape index (κ1) is 12.9. The van der Waals surface area contributed by atoms with E-state index in [1.165, 1.54) is 0 Å². The Hall–Kier alpha value is -1.14. The molecule has 84 valence electrons. The molecule has 0 spiro atoms. The number of rotatable bonds is 3. The van der Waals surface area contributed by atoms with Gasteiger partial charge in [-0.05, 0) is 34.3 Å². The summed E-state index contributed by atoms with van der Waals surface area (Å²) in [5.74, 6) is -0.643. The van der Waals surface area contributed by atoms with Gasteiger partial charge in [0.2, 0.25) is 0 Å². The van der Waals surface area contributed by atoms with Gasteiger partial charge in [0, 0.05) is 10.0 Å². The summed E-state index contributed by atoms with van der Waals surface area (Å²) in [5, 5.41) is 9.00. The van der Waals surface area contributed by atoms with Crippen molar-refractivity contribution in [2.75, 3.05) is 0 Å². The van der Waals surface area contributed by atoms with E-state index in [2.05, 4.69) is 22.0 Å². The van der Waals surface area contributed by atoms with Crippen molar-refractivity contribution in [1.29, 1.82) is 5.26 Å². The van der Waals surface area contributed by atoms with Crippen LogP contribution in [0, 0.1) is 30.1 Å². The van der Waals surface area contributed by atoms with Crippen LogP contribution >= 0.6 is 15.9 Å². The van der Waals surface area contributed by atoms with Crippen LogP contribution in [0.2, 0.25) is 0 Å². The van der Waals surface area contributed by atoms with Crippen molar-refractivity contribution >= 4 is 21.7 Å². The van der Waals surface area contributed by atoms with Crippen LogP contribution < -0.4 is 0 Å². The van der Waals surface area contributed by atoms with Gasteiger partial charge in [0.15, 0.2) is 5.78 Å². The van der Waals surface area contributed by atoms with Crippen molar-refractivity contribution in [2.45, 2.75) is 20.8 Å². The number of halogens is 1. The van der Waals surface area contributed by atoms with E-state index >= 15 is 0 Å². The van der Waals surface area contributed by atoms with Gasteiger partial charge in [-0.2, -0.15) is 5.26 Å². The molecule has 1 atom stereocenters. The molecule has 0 radical (unpaired) electrons. The Bertz CT molecular complexity index is 446. The zero-order valence-corrected chi connectivity index (χ0v) is 11.2. The van der Waals surface area contributed by atoms with Crippen molar-refractivity contribution < 1.29 is 4.79 Å². The molecule has 0 amide bonds. The number of benzene rings is 1. The number of hydrogen-bond acceptors (Lipinski definition) is 2. The number of Topliss-reactive ketones (excluding diaryl/α,β-unsaturated/α-hetero) is 1. The molecule has 0 aliphatic carbocycles. The molecular formula is C13H14BrNO. The number of aryl methyl sites for hydroxylation is 1. The summed E-state index contributed by atoms with van der Waals surface area (Å²) in [6.45, 7) is 5.70. The van der Waals surface area contributed by atoms with Gasteiger partial charge in [0.05, 0.1) is 6.07 Å². The Morgan fingerprint density at radius 3 is 2.56 bits per heavy atom. The number of carbonyl (C=O) groups is 1. The SMILES string of the molecule is Cc1cccc(C(=O)C(C#N)C(C)C)c1Br. The first-order chi connectivity index (χ1) is 7.49. The molecule has 1 rings (SSSR count). The number of ketones is 1. The predicted octanol–water partition coefficient (Wildman–Crippen LogP) is 3.74. The van der Waals surface area contributed by atoms with E-state index in [1.807, 2.05) is 32.9 Å². The maximum absolute atomic E-state index is 12.1. The zero-order chi connectivity index (χ0) is 12.3. The highest BCUT2D eigenvalue weighted by atomic mass is 79.9. The van der Waals surface area contributed by atoms with Crippen LogP contribution in [0.3, 0.4) is 0 Å². The largest absolute Gasteiger partial charge is 0.293 e. The smallest absolute Gasteiger partial charge is 0.181 e. The van der Waals surface area contributed by atoms with E-state index in [1.54, 1.807) is 6.07 Å². The average molecular weight is 280 g/mol. The van der Waals surface area contributed by atoms with Gasteiger partial charge in [-0.1, -0.05) is 32.0 Å². The van der Waals surface area contributed by atoms with Crippen LogP contribution in [0.25, 0.3) is 0 Å². The predicted molar refractivity (Wildman–Crippen MR) is 67.2 cm³/mol. The van der Waals surface area contributed by atoms with Crippen molar-refractivity contribution in [3.63, 3.8) is 0 Å². The Kier molecular flexibility index (Phi) is 4.26. The summed E-state index contributed by atoms with van der Waals surface area (Å²) in [6, 6.07) is 7.60. The second kappa shape index (κ2) is 5.27. The lowest BCUT2D eigenvalue weighted by molar-refractivity contribution is 0.0923. The molecule has 2 nitrogen and oxygen atoms in total. The average Bonchev–Trinajstić information content (AvgIpc) is 2.22. The highest BCUT2D eigenvalue weighted by Gasteiger charge is 2.24. The van der Waals surface area contributed by atoms with E-state index < -0.39 is 5.92 Å². The van der Waals surface area contributed by atoms with Gasteiger partial charge in [-0.3, -0.25) is 4.79 Å². The van der Waals surface area contributed by atoms with Crippen molar-refractivity contribution in [3.05, 3.63) is 33.8 Å². The fourth-order valence-electron chi connectivity index (χ4n) is 1.52. The first-order valence-corrected chi connectivity index (χ1v) is 5.97. The molecule has 0 bridgehead atoms. The van der Waals surface area contributed by atoms with E-state index in [4.69, 9.17) is 5.26 Å². The normalized spacial score (nSPS) is 12.2. The lowest BCUT2D eigenvalue weighted by Gasteiger charge is -2.13. The Morgan fingerprint density at radius 2 is 2.06 bits per heavy atom. The lowest BCUT2D eigenvalue weighted by atomic mass is 9.89. The molecule has 0 aromatic heterocycles. The maximum Gasteiger partial charge on any atom is 0.181 e. The van der Waals surface area contributed by atoms with Gasteiger partial charge < -0.3 is 0 Å².